The van der Waals surface area contributed by atoms with Crippen molar-refractivity contribution < 1.29 is 4.74 Å². The van der Waals surface area contributed by atoms with E-state index in [0.717, 1.165) is 27.6 Å². The highest BCUT2D eigenvalue weighted by atomic mass is 16.5. The Hall–Kier alpha value is -2.47. The maximum atomic E-state index is 8.87. The summed E-state index contributed by atoms with van der Waals surface area (Å²) in [7, 11) is 1.65. The van der Waals surface area contributed by atoms with Gasteiger partial charge < -0.3 is 9.72 Å². The number of hydrogen-bond donors (Lipinski definition) is 1. The topological polar surface area (TPSA) is 48.8 Å². The average molecular weight is 222 g/mol. The van der Waals surface area contributed by atoms with Gasteiger partial charge in [0.1, 0.15) is 5.75 Å². The number of methoxy groups -OCH3 is 1. The zero-order valence-electron chi connectivity index (χ0n) is 9.32. The fraction of sp³-hybridized carbons (Fsp3) is 0.0714. The van der Waals surface area contributed by atoms with Crippen LogP contribution in [-0.4, -0.2) is 12.1 Å². The van der Waals surface area contributed by atoms with Crippen molar-refractivity contribution >= 4 is 21.8 Å². The van der Waals surface area contributed by atoms with Crippen LogP contribution in [0.2, 0.25) is 0 Å². The van der Waals surface area contributed by atoms with Gasteiger partial charge in [-0.25, -0.2) is 0 Å². The molecule has 0 radical (unpaired) electrons. The molecule has 3 aromatic rings. The van der Waals surface area contributed by atoms with E-state index in [2.05, 4.69) is 11.1 Å². The summed E-state index contributed by atoms with van der Waals surface area (Å²) in [5.41, 5.74) is 2.66. The predicted octanol–water partition coefficient (Wildman–Crippen LogP) is 3.20. The number of rotatable bonds is 1. The lowest BCUT2D eigenvalue weighted by Gasteiger charge is -1.98. The zero-order valence-corrected chi connectivity index (χ0v) is 9.32. The second-order valence-corrected chi connectivity index (χ2v) is 3.91. The Bertz CT molecular complexity index is 750. The number of nitriles is 1. The molecule has 0 saturated heterocycles. The summed E-state index contributed by atoms with van der Waals surface area (Å²) in [5.74, 6) is 0.824. The fourth-order valence-corrected chi connectivity index (χ4v) is 2.09. The van der Waals surface area contributed by atoms with Gasteiger partial charge in [0.05, 0.1) is 24.3 Å². The molecule has 3 rings (SSSR count). The number of aromatic nitrogens is 1. The van der Waals surface area contributed by atoms with E-state index in [9.17, 15) is 0 Å². The first kappa shape index (κ1) is 9.73. The molecule has 0 aliphatic rings. The Morgan fingerprint density at radius 3 is 2.47 bits per heavy atom. The number of H-pyrrole nitrogens is 1. The van der Waals surface area contributed by atoms with E-state index < -0.39 is 0 Å². The van der Waals surface area contributed by atoms with Gasteiger partial charge in [-0.15, -0.1) is 0 Å². The van der Waals surface area contributed by atoms with E-state index in [1.54, 1.807) is 7.11 Å². The third-order valence-corrected chi connectivity index (χ3v) is 2.93. The largest absolute Gasteiger partial charge is 0.497 e. The average Bonchev–Trinajstić information content (AvgIpc) is 2.74. The first-order valence-corrected chi connectivity index (χ1v) is 5.31. The first-order valence-electron chi connectivity index (χ1n) is 5.31. The van der Waals surface area contributed by atoms with Crippen LogP contribution in [0.1, 0.15) is 5.56 Å². The molecule has 0 bridgehead atoms. The second-order valence-electron chi connectivity index (χ2n) is 3.91. The zero-order chi connectivity index (χ0) is 11.8. The smallest absolute Gasteiger partial charge is 0.120 e. The molecule has 17 heavy (non-hydrogen) atoms. The number of nitrogens with zero attached hydrogens (tertiary/aromatic N) is 1. The number of nitrogens with one attached hydrogen (secondary N) is 1. The van der Waals surface area contributed by atoms with Crippen molar-refractivity contribution in [2.75, 3.05) is 7.11 Å². The van der Waals surface area contributed by atoms with Gasteiger partial charge in [0.15, 0.2) is 0 Å². The molecular formula is C14H10N2O. The standard InChI is InChI=1S/C14H10N2O/c1-17-10-3-5-12-11-4-2-9(8-15)6-13(11)16-14(12)7-10/h2-7,16H,1H3. The lowest BCUT2D eigenvalue weighted by atomic mass is 10.1. The van der Waals surface area contributed by atoms with Gasteiger partial charge in [0.2, 0.25) is 0 Å². The Kier molecular flexibility index (Phi) is 2.02. The molecule has 82 valence electrons. The van der Waals surface area contributed by atoms with Crippen LogP contribution in [0, 0.1) is 11.3 Å². The fourth-order valence-electron chi connectivity index (χ4n) is 2.09. The van der Waals surface area contributed by atoms with Crippen LogP contribution in [0.4, 0.5) is 0 Å². The van der Waals surface area contributed by atoms with Crippen molar-refractivity contribution in [2.45, 2.75) is 0 Å². The molecule has 0 saturated carbocycles. The number of benzene rings is 2. The van der Waals surface area contributed by atoms with E-state index in [0.29, 0.717) is 5.56 Å². The van der Waals surface area contributed by atoms with Crippen molar-refractivity contribution in [3.05, 3.63) is 42.0 Å². The Morgan fingerprint density at radius 2 is 1.76 bits per heavy atom. The van der Waals surface area contributed by atoms with Crippen LogP contribution in [0.15, 0.2) is 36.4 Å². The molecule has 1 aromatic heterocycles. The number of aromatic amines is 1. The summed E-state index contributed by atoms with van der Waals surface area (Å²) < 4.78 is 5.19. The third kappa shape index (κ3) is 1.42. The summed E-state index contributed by atoms with van der Waals surface area (Å²) in [6.07, 6.45) is 0. The van der Waals surface area contributed by atoms with E-state index in [4.69, 9.17) is 10.00 Å². The molecule has 1 N–H and O–H groups in total. The quantitative estimate of drug-likeness (QED) is 0.687. The van der Waals surface area contributed by atoms with Crippen molar-refractivity contribution in [1.82, 2.24) is 4.98 Å². The summed E-state index contributed by atoms with van der Waals surface area (Å²) in [5, 5.41) is 11.1. The molecule has 2 aromatic carbocycles. The molecule has 0 spiro atoms. The van der Waals surface area contributed by atoms with Gasteiger partial charge in [0, 0.05) is 22.4 Å². The summed E-state index contributed by atoms with van der Waals surface area (Å²) in [6.45, 7) is 0. The number of hydrogen-bond acceptors (Lipinski definition) is 2. The first-order chi connectivity index (χ1) is 8.31. The van der Waals surface area contributed by atoms with Crippen LogP contribution in [0.5, 0.6) is 5.75 Å². The van der Waals surface area contributed by atoms with Gasteiger partial charge in [-0.05, 0) is 24.3 Å². The van der Waals surface area contributed by atoms with Gasteiger partial charge in [-0.1, -0.05) is 6.07 Å². The van der Waals surface area contributed by atoms with Crippen LogP contribution < -0.4 is 4.74 Å². The lowest BCUT2D eigenvalue weighted by molar-refractivity contribution is 0.415. The van der Waals surface area contributed by atoms with Crippen LogP contribution >= 0.6 is 0 Å². The summed E-state index contributed by atoms with van der Waals surface area (Å²) in [6, 6.07) is 13.7. The molecular weight excluding hydrogens is 212 g/mol. The molecule has 0 amide bonds. The Labute approximate surface area is 98.2 Å². The molecule has 0 atom stereocenters. The van der Waals surface area contributed by atoms with Crippen LogP contribution in [-0.2, 0) is 0 Å². The molecule has 0 fully saturated rings. The van der Waals surface area contributed by atoms with Gasteiger partial charge in [0.25, 0.3) is 0 Å². The molecule has 3 nitrogen and oxygen atoms in total. The summed E-state index contributed by atoms with van der Waals surface area (Å²) in [4.78, 5) is 3.30. The lowest BCUT2D eigenvalue weighted by Crippen LogP contribution is -1.80. The van der Waals surface area contributed by atoms with Crippen LogP contribution in [0.3, 0.4) is 0 Å². The van der Waals surface area contributed by atoms with Crippen molar-refractivity contribution in [2.24, 2.45) is 0 Å². The highest BCUT2D eigenvalue weighted by Gasteiger charge is 2.05. The van der Waals surface area contributed by atoms with Crippen LogP contribution in [0.25, 0.3) is 21.8 Å². The molecule has 3 heteroatoms. The van der Waals surface area contributed by atoms with E-state index in [-0.39, 0.29) is 0 Å². The van der Waals surface area contributed by atoms with E-state index in [1.165, 1.54) is 0 Å². The molecule has 0 unspecified atom stereocenters. The maximum Gasteiger partial charge on any atom is 0.120 e. The van der Waals surface area contributed by atoms with E-state index in [1.807, 2.05) is 36.4 Å². The van der Waals surface area contributed by atoms with Gasteiger partial charge in [-0.2, -0.15) is 5.26 Å². The number of ether oxygens (including phenoxy) is 1. The third-order valence-electron chi connectivity index (χ3n) is 2.93. The highest BCUT2D eigenvalue weighted by Crippen LogP contribution is 2.28. The van der Waals surface area contributed by atoms with Crippen molar-refractivity contribution in [3.8, 4) is 11.8 Å². The predicted molar refractivity (Wildman–Crippen MR) is 67.1 cm³/mol. The minimum Gasteiger partial charge on any atom is -0.497 e. The van der Waals surface area contributed by atoms with Gasteiger partial charge in [-0.3, -0.25) is 0 Å². The number of fused-ring (bicyclic) bond motifs is 3. The van der Waals surface area contributed by atoms with E-state index >= 15 is 0 Å². The molecule has 0 aliphatic heterocycles. The molecule has 0 aliphatic carbocycles. The minimum absolute atomic E-state index is 0.663. The molecule has 1 heterocycles. The minimum atomic E-state index is 0.663. The second kappa shape index (κ2) is 3.53. The van der Waals surface area contributed by atoms with Gasteiger partial charge >= 0.3 is 0 Å². The summed E-state index contributed by atoms with van der Waals surface area (Å²) >= 11 is 0. The Morgan fingerprint density at radius 1 is 1.06 bits per heavy atom. The monoisotopic (exact) mass is 222 g/mol. The SMILES string of the molecule is COc1ccc2c(c1)[nH]c1cc(C#N)ccc12. The van der Waals surface area contributed by atoms with Crippen molar-refractivity contribution in [1.29, 1.82) is 5.26 Å². The highest BCUT2D eigenvalue weighted by molar-refractivity contribution is 6.07. The maximum absolute atomic E-state index is 8.87. The normalized spacial score (nSPS) is 10.6. The Balaban J connectivity index is 2.37. The van der Waals surface area contributed by atoms with Crippen molar-refractivity contribution in [3.63, 3.8) is 0 Å².